The number of hydrogen-bond donors (Lipinski definition) is 0. The third-order valence-electron chi connectivity index (χ3n) is 1.05. The molecule has 0 unspecified atom stereocenters. The molecule has 0 radical (unpaired) electrons. The van der Waals surface area contributed by atoms with E-state index in [1.54, 1.807) is 0 Å². The van der Waals surface area contributed by atoms with Gasteiger partial charge < -0.3 is 14.3 Å². The van der Waals surface area contributed by atoms with Gasteiger partial charge >= 0.3 is 0 Å². The van der Waals surface area contributed by atoms with Crippen molar-refractivity contribution in [3.63, 3.8) is 0 Å². The Morgan fingerprint density at radius 2 is 2.62 bits per heavy atom. The van der Waals surface area contributed by atoms with Crippen LogP contribution in [-0.4, -0.2) is 25.8 Å². The van der Waals surface area contributed by atoms with E-state index < -0.39 is 0 Å². The number of hydrogen-bond acceptors (Lipinski definition) is 3. The van der Waals surface area contributed by atoms with Gasteiger partial charge in [0, 0.05) is 6.42 Å². The second kappa shape index (κ2) is 2.79. The van der Waals surface area contributed by atoms with Gasteiger partial charge in [0.15, 0.2) is 0 Å². The van der Waals surface area contributed by atoms with Crippen LogP contribution in [0.3, 0.4) is 0 Å². The van der Waals surface area contributed by atoms with E-state index in [1.165, 1.54) is 0 Å². The summed E-state index contributed by atoms with van der Waals surface area (Å²) >= 11 is 0. The molecule has 3 heteroatoms. The predicted molar refractivity (Wildman–Crippen MR) is 26.4 cm³/mol. The monoisotopic (exact) mass is 116 g/mol. The zero-order valence-corrected chi connectivity index (χ0v) is 4.50. The van der Waals surface area contributed by atoms with Crippen molar-refractivity contribution in [2.45, 2.75) is 12.5 Å². The van der Waals surface area contributed by atoms with Gasteiger partial charge in [0.1, 0.15) is 13.1 Å². The number of carbonyl (C=O) groups excluding carboxylic acids is 1. The first kappa shape index (κ1) is 5.72. The minimum absolute atomic E-state index is 0.0208. The van der Waals surface area contributed by atoms with Crippen LogP contribution in [0, 0.1) is 0 Å². The number of aldehydes is 1. The third kappa shape index (κ3) is 1.28. The zero-order chi connectivity index (χ0) is 5.82. The Bertz CT molecular complexity index is 75.7. The van der Waals surface area contributed by atoms with E-state index in [1.807, 2.05) is 0 Å². The SMILES string of the molecule is O=CC[C@H]1COCO1. The van der Waals surface area contributed by atoms with Crippen molar-refractivity contribution < 1.29 is 14.3 Å². The summed E-state index contributed by atoms with van der Waals surface area (Å²) < 4.78 is 9.77. The maximum Gasteiger partial charge on any atom is 0.147 e. The van der Waals surface area contributed by atoms with Crippen LogP contribution >= 0.6 is 0 Å². The van der Waals surface area contributed by atoms with Crippen LogP contribution in [0.5, 0.6) is 0 Å². The van der Waals surface area contributed by atoms with E-state index in [2.05, 4.69) is 0 Å². The lowest BCUT2D eigenvalue weighted by Gasteiger charge is -1.97. The molecule has 46 valence electrons. The average Bonchev–Trinajstić information content (AvgIpc) is 2.19. The highest BCUT2D eigenvalue weighted by molar-refractivity contribution is 5.50. The normalized spacial score (nSPS) is 28.2. The Balaban J connectivity index is 2.14. The Labute approximate surface area is 47.6 Å². The van der Waals surface area contributed by atoms with Crippen LogP contribution in [0.1, 0.15) is 6.42 Å². The largest absolute Gasteiger partial charge is 0.353 e. The molecule has 1 aliphatic rings. The quantitative estimate of drug-likeness (QED) is 0.474. The molecule has 0 bridgehead atoms. The van der Waals surface area contributed by atoms with Gasteiger partial charge in [-0.05, 0) is 0 Å². The lowest BCUT2D eigenvalue weighted by Crippen LogP contribution is -2.08. The molecule has 1 atom stereocenters. The summed E-state index contributed by atoms with van der Waals surface area (Å²) in [5.74, 6) is 0. The highest BCUT2D eigenvalue weighted by atomic mass is 16.7. The topological polar surface area (TPSA) is 35.5 Å². The van der Waals surface area contributed by atoms with Crippen LogP contribution in [0.4, 0.5) is 0 Å². The summed E-state index contributed by atoms with van der Waals surface area (Å²) in [7, 11) is 0. The van der Waals surface area contributed by atoms with E-state index in [4.69, 9.17) is 9.47 Å². The zero-order valence-electron chi connectivity index (χ0n) is 4.50. The Morgan fingerprint density at radius 1 is 1.75 bits per heavy atom. The van der Waals surface area contributed by atoms with Gasteiger partial charge in [0.25, 0.3) is 0 Å². The molecule has 0 aromatic rings. The number of ether oxygens (including phenoxy) is 2. The molecular weight excluding hydrogens is 108 g/mol. The molecule has 0 aromatic carbocycles. The molecule has 1 fully saturated rings. The van der Waals surface area contributed by atoms with Crippen molar-refractivity contribution in [2.24, 2.45) is 0 Å². The summed E-state index contributed by atoms with van der Waals surface area (Å²) in [4.78, 5) is 9.83. The van der Waals surface area contributed by atoms with E-state index >= 15 is 0 Å². The molecule has 0 saturated carbocycles. The molecular formula is C5H8O3. The van der Waals surface area contributed by atoms with Crippen molar-refractivity contribution in [1.82, 2.24) is 0 Å². The van der Waals surface area contributed by atoms with Gasteiger partial charge in [0.05, 0.1) is 12.7 Å². The summed E-state index contributed by atoms with van der Waals surface area (Å²) in [6.45, 7) is 0.914. The van der Waals surface area contributed by atoms with Gasteiger partial charge in [0.2, 0.25) is 0 Å². The first-order valence-electron chi connectivity index (χ1n) is 2.56. The molecule has 8 heavy (non-hydrogen) atoms. The summed E-state index contributed by atoms with van der Waals surface area (Å²) in [6, 6.07) is 0. The molecule has 1 saturated heterocycles. The van der Waals surface area contributed by atoms with Crippen molar-refractivity contribution >= 4 is 6.29 Å². The van der Waals surface area contributed by atoms with Crippen LogP contribution in [0.15, 0.2) is 0 Å². The van der Waals surface area contributed by atoms with Crippen molar-refractivity contribution in [2.75, 3.05) is 13.4 Å². The lowest BCUT2D eigenvalue weighted by molar-refractivity contribution is -0.109. The van der Waals surface area contributed by atoms with Crippen molar-refractivity contribution in [1.29, 1.82) is 0 Å². The highest BCUT2D eigenvalue weighted by Gasteiger charge is 2.14. The van der Waals surface area contributed by atoms with E-state index in [9.17, 15) is 4.79 Å². The number of carbonyl (C=O) groups is 1. The minimum atomic E-state index is 0.0208. The van der Waals surface area contributed by atoms with Crippen molar-refractivity contribution in [3.8, 4) is 0 Å². The van der Waals surface area contributed by atoms with Gasteiger partial charge in [-0.15, -0.1) is 0 Å². The molecule has 0 amide bonds. The third-order valence-corrected chi connectivity index (χ3v) is 1.05. The molecule has 0 spiro atoms. The van der Waals surface area contributed by atoms with Gasteiger partial charge in [-0.25, -0.2) is 0 Å². The summed E-state index contributed by atoms with van der Waals surface area (Å²) in [5.41, 5.74) is 0. The highest BCUT2D eigenvalue weighted by Crippen LogP contribution is 2.04. The van der Waals surface area contributed by atoms with E-state index in [0.29, 0.717) is 19.8 Å². The second-order valence-corrected chi connectivity index (χ2v) is 1.68. The van der Waals surface area contributed by atoms with Crippen LogP contribution in [0.2, 0.25) is 0 Å². The fraction of sp³-hybridized carbons (Fsp3) is 0.800. The van der Waals surface area contributed by atoms with Gasteiger partial charge in [-0.3, -0.25) is 0 Å². The van der Waals surface area contributed by atoms with Crippen LogP contribution < -0.4 is 0 Å². The Hall–Kier alpha value is -0.410. The number of rotatable bonds is 2. The fourth-order valence-corrected chi connectivity index (χ4v) is 0.615. The molecule has 1 heterocycles. The fourth-order valence-electron chi connectivity index (χ4n) is 0.615. The van der Waals surface area contributed by atoms with Crippen LogP contribution in [-0.2, 0) is 14.3 Å². The Kier molecular flexibility index (Phi) is 2.00. The van der Waals surface area contributed by atoms with Gasteiger partial charge in [-0.1, -0.05) is 0 Å². The smallest absolute Gasteiger partial charge is 0.147 e. The standard InChI is InChI=1S/C5H8O3/c6-2-1-5-3-7-4-8-5/h2,5H,1,3-4H2/t5-/m0/s1. The minimum Gasteiger partial charge on any atom is -0.353 e. The first-order chi connectivity index (χ1) is 3.93. The summed E-state index contributed by atoms with van der Waals surface area (Å²) in [6.07, 6.45) is 1.33. The maximum atomic E-state index is 9.83. The molecule has 1 aliphatic heterocycles. The average molecular weight is 116 g/mol. The Morgan fingerprint density at radius 3 is 3.12 bits per heavy atom. The second-order valence-electron chi connectivity index (χ2n) is 1.68. The molecule has 1 rings (SSSR count). The molecule has 0 aliphatic carbocycles. The predicted octanol–water partition coefficient (Wildman–Crippen LogP) is -0.0517. The molecule has 0 N–H and O–H groups in total. The summed E-state index contributed by atoms with van der Waals surface area (Å²) in [5, 5.41) is 0. The van der Waals surface area contributed by atoms with Gasteiger partial charge in [-0.2, -0.15) is 0 Å². The van der Waals surface area contributed by atoms with E-state index in [0.717, 1.165) is 6.29 Å². The van der Waals surface area contributed by atoms with E-state index in [-0.39, 0.29) is 6.10 Å². The lowest BCUT2D eigenvalue weighted by atomic mass is 10.3. The van der Waals surface area contributed by atoms with Crippen LogP contribution in [0.25, 0.3) is 0 Å². The van der Waals surface area contributed by atoms with Crippen molar-refractivity contribution in [3.05, 3.63) is 0 Å². The maximum absolute atomic E-state index is 9.83. The first-order valence-corrected chi connectivity index (χ1v) is 2.56. The molecule has 0 aromatic heterocycles. The molecule has 3 nitrogen and oxygen atoms in total.